The highest BCUT2D eigenvalue weighted by atomic mass is 32.1. The predicted octanol–water partition coefficient (Wildman–Crippen LogP) is 3.91. The van der Waals surface area contributed by atoms with Crippen molar-refractivity contribution < 1.29 is 0 Å². The summed E-state index contributed by atoms with van der Waals surface area (Å²) in [6.07, 6.45) is 1.78. The topological polar surface area (TPSA) is 38.9 Å². The first-order valence-corrected chi connectivity index (χ1v) is 7.49. The van der Waals surface area contributed by atoms with Gasteiger partial charge in [-0.1, -0.05) is 42.5 Å². The molecule has 0 bridgehead atoms. The second-order valence-electron chi connectivity index (χ2n) is 4.81. The van der Waals surface area contributed by atoms with Crippen molar-refractivity contribution in [1.29, 1.82) is 0 Å². The Hall–Kier alpha value is -2.13. The Morgan fingerprint density at radius 3 is 2.30 bits per heavy atom. The van der Waals surface area contributed by atoms with Crippen LogP contribution in [0.1, 0.15) is 21.8 Å². The monoisotopic (exact) mass is 280 g/mol. The maximum atomic E-state index is 5.70. The van der Waals surface area contributed by atoms with E-state index in [9.17, 15) is 0 Å². The molecule has 0 aliphatic rings. The molecular formula is C17H16N2S. The smallest absolute Gasteiger partial charge is 0.0972 e. The van der Waals surface area contributed by atoms with Crippen LogP contribution in [0.4, 0.5) is 5.69 Å². The van der Waals surface area contributed by atoms with Gasteiger partial charge in [0.25, 0.3) is 0 Å². The van der Waals surface area contributed by atoms with E-state index < -0.39 is 0 Å². The Morgan fingerprint density at radius 1 is 0.850 bits per heavy atom. The molecule has 1 heterocycles. The van der Waals surface area contributed by atoms with E-state index in [0.29, 0.717) is 0 Å². The molecule has 0 atom stereocenters. The number of nitrogens with two attached hydrogens (primary N) is 1. The summed E-state index contributed by atoms with van der Waals surface area (Å²) in [5.74, 6) is 0. The van der Waals surface area contributed by atoms with Crippen molar-refractivity contribution in [3.63, 3.8) is 0 Å². The summed E-state index contributed by atoms with van der Waals surface area (Å²) >= 11 is 1.73. The van der Waals surface area contributed by atoms with Crippen molar-refractivity contribution >= 4 is 17.0 Å². The standard InChI is InChI=1S/C17H16N2S/c18-15-8-6-14(7-9-15)11-17-19-16(12-20-17)10-13-4-2-1-3-5-13/h1-9,12H,10-11,18H2. The largest absolute Gasteiger partial charge is 0.399 e. The molecule has 0 saturated carbocycles. The average Bonchev–Trinajstić information content (AvgIpc) is 2.90. The van der Waals surface area contributed by atoms with Crippen molar-refractivity contribution in [2.24, 2.45) is 0 Å². The van der Waals surface area contributed by atoms with Crippen LogP contribution in [0.25, 0.3) is 0 Å². The van der Waals surface area contributed by atoms with Gasteiger partial charge in [0.15, 0.2) is 0 Å². The summed E-state index contributed by atoms with van der Waals surface area (Å²) in [7, 11) is 0. The first-order chi connectivity index (χ1) is 9.79. The van der Waals surface area contributed by atoms with Gasteiger partial charge in [-0.2, -0.15) is 0 Å². The molecule has 3 aromatic rings. The van der Waals surface area contributed by atoms with Crippen molar-refractivity contribution in [3.8, 4) is 0 Å². The van der Waals surface area contributed by atoms with E-state index in [4.69, 9.17) is 10.7 Å². The van der Waals surface area contributed by atoms with Crippen LogP contribution in [0.5, 0.6) is 0 Å². The van der Waals surface area contributed by atoms with Crippen LogP contribution in [0.3, 0.4) is 0 Å². The van der Waals surface area contributed by atoms with Crippen molar-refractivity contribution in [1.82, 2.24) is 4.98 Å². The molecule has 100 valence electrons. The SMILES string of the molecule is Nc1ccc(Cc2nc(Cc3ccccc3)cs2)cc1. The van der Waals surface area contributed by atoms with Crippen LogP contribution >= 0.6 is 11.3 Å². The Balaban J connectivity index is 1.69. The van der Waals surface area contributed by atoms with E-state index in [-0.39, 0.29) is 0 Å². The van der Waals surface area contributed by atoms with Crippen molar-refractivity contribution in [3.05, 3.63) is 81.8 Å². The second-order valence-corrected chi connectivity index (χ2v) is 5.76. The summed E-state index contributed by atoms with van der Waals surface area (Å²) in [5, 5.41) is 3.31. The van der Waals surface area contributed by atoms with Gasteiger partial charge in [-0.3, -0.25) is 0 Å². The molecule has 1 aromatic heterocycles. The van der Waals surface area contributed by atoms with E-state index in [0.717, 1.165) is 29.2 Å². The predicted molar refractivity (Wildman–Crippen MR) is 85.0 cm³/mol. The minimum atomic E-state index is 0.803. The zero-order chi connectivity index (χ0) is 13.8. The quantitative estimate of drug-likeness (QED) is 0.736. The molecule has 2 aromatic carbocycles. The Morgan fingerprint density at radius 2 is 1.55 bits per heavy atom. The lowest BCUT2D eigenvalue weighted by Gasteiger charge is -1.99. The molecule has 0 aliphatic heterocycles. The molecule has 2 nitrogen and oxygen atoms in total. The molecule has 20 heavy (non-hydrogen) atoms. The molecule has 0 unspecified atom stereocenters. The lowest BCUT2D eigenvalue weighted by Crippen LogP contribution is -1.91. The van der Waals surface area contributed by atoms with E-state index in [2.05, 4.69) is 41.8 Å². The minimum Gasteiger partial charge on any atom is -0.399 e. The third-order valence-electron chi connectivity index (χ3n) is 3.16. The maximum absolute atomic E-state index is 5.70. The van der Waals surface area contributed by atoms with E-state index in [1.807, 2.05) is 18.2 Å². The first kappa shape index (κ1) is 12.9. The molecule has 0 fully saturated rings. The Bertz CT molecular complexity index is 672. The third kappa shape index (κ3) is 3.25. The Kier molecular flexibility index (Phi) is 3.79. The van der Waals surface area contributed by atoms with Crippen LogP contribution in [0.15, 0.2) is 60.0 Å². The number of hydrogen-bond donors (Lipinski definition) is 1. The number of aromatic nitrogens is 1. The van der Waals surface area contributed by atoms with Crippen molar-refractivity contribution in [2.45, 2.75) is 12.8 Å². The highest BCUT2D eigenvalue weighted by Gasteiger charge is 2.04. The number of nitrogen functional groups attached to an aromatic ring is 1. The van der Waals surface area contributed by atoms with Gasteiger partial charge in [0.05, 0.1) is 10.7 Å². The first-order valence-electron chi connectivity index (χ1n) is 6.61. The normalized spacial score (nSPS) is 10.6. The molecule has 0 amide bonds. The summed E-state index contributed by atoms with van der Waals surface area (Å²) in [5.41, 5.74) is 10.2. The Labute approximate surface area is 122 Å². The van der Waals surface area contributed by atoms with Crippen LogP contribution in [-0.2, 0) is 12.8 Å². The molecular weight excluding hydrogens is 264 g/mol. The van der Waals surface area contributed by atoms with Crippen LogP contribution in [-0.4, -0.2) is 4.98 Å². The second kappa shape index (κ2) is 5.88. The summed E-state index contributed by atoms with van der Waals surface area (Å²) in [4.78, 5) is 4.71. The zero-order valence-electron chi connectivity index (χ0n) is 11.1. The van der Waals surface area contributed by atoms with Gasteiger partial charge < -0.3 is 5.73 Å². The van der Waals surface area contributed by atoms with Gasteiger partial charge in [0.1, 0.15) is 0 Å². The van der Waals surface area contributed by atoms with Crippen molar-refractivity contribution in [2.75, 3.05) is 5.73 Å². The summed E-state index contributed by atoms with van der Waals surface area (Å²) < 4.78 is 0. The lowest BCUT2D eigenvalue weighted by atomic mass is 10.1. The molecule has 0 radical (unpaired) electrons. The van der Waals surface area contributed by atoms with Gasteiger partial charge in [-0.15, -0.1) is 11.3 Å². The van der Waals surface area contributed by atoms with Crippen LogP contribution in [0, 0.1) is 0 Å². The fourth-order valence-electron chi connectivity index (χ4n) is 2.13. The van der Waals surface area contributed by atoms with E-state index in [1.165, 1.54) is 11.1 Å². The maximum Gasteiger partial charge on any atom is 0.0972 e. The summed E-state index contributed by atoms with van der Waals surface area (Å²) in [6, 6.07) is 18.5. The highest BCUT2D eigenvalue weighted by Crippen LogP contribution is 2.18. The number of hydrogen-bond acceptors (Lipinski definition) is 3. The number of anilines is 1. The van der Waals surface area contributed by atoms with E-state index in [1.54, 1.807) is 11.3 Å². The van der Waals surface area contributed by atoms with Gasteiger partial charge in [0, 0.05) is 23.9 Å². The number of benzene rings is 2. The van der Waals surface area contributed by atoms with Crippen LogP contribution < -0.4 is 5.73 Å². The molecule has 0 aliphatic carbocycles. The number of thiazole rings is 1. The third-order valence-corrected chi connectivity index (χ3v) is 4.06. The summed E-state index contributed by atoms with van der Waals surface area (Å²) in [6.45, 7) is 0. The molecule has 0 spiro atoms. The van der Waals surface area contributed by atoms with Crippen LogP contribution in [0.2, 0.25) is 0 Å². The average molecular weight is 280 g/mol. The molecule has 2 N–H and O–H groups in total. The zero-order valence-corrected chi connectivity index (χ0v) is 11.9. The lowest BCUT2D eigenvalue weighted by molar-refractivity contribution is 1.04. The van der Waals surface area contributed by atoms with Gasteiger partial charge in [0.2, 0.25) is 0 Å². The fourth-order valence-corrected chi connectivity index (χ4v) is 2.95. The van der Waals surface area contributed by atoms with Gasteiger partial charge in [-0.05, 0) is 23.3 Å². The van der Waals surface area contributed by atoms with E-state index >= 15 is 0 Å². The number of nitrogens with zero attached hydrogens (tertiary/aromatic N) is 1. The molecule has 0 saturated heterocycles. The molecule has 3 heteroatoms. The minimum absolute atomic E-state index is 0.803. The number of rotatable bonds is 4. The fraction of sp³-hybridized carbons (Fsp3) is 0.118. The van der Waals surface area contributed by atoms with Gasteiger partial charge >= 0.3 is 0 Å². The van der Waals surface area contributed by atoms with Gasteiger partial charge in [-0.25, -0.2) is 4.98 Å². The molecule has 3 rings (SSSR count). The highest BCUT2D eigenvalue weighted by molar-refractivity contribution is 7.09.